The smallest absolute Gasteiger partial charge is 0.242 e. The highest BCUT2D eigenvalue weighted by Gasteiger charge is 2.13. The van der Waals surface area contributed by atoms with Crippen LogP contribution in [0.1, 0.15) is 26.3 Å². The van der Waals surface area contributed by atoms with E-state index in [1.807, 2.05) is 32.0 Å². The summed E-state index contributed by atoms with van der Waals surface area (Å²) in [7, 11) is 0. The van der Waals surface area contributed by atoms with Crippen molar-refractivity contribution in [2.75, 3.05) is 17.6 Å². The zero-order valence-electron chi connectivity index (χ0n) is 11.6. The van der Waals surface area contributed by atoms with Gasteiger partial charge in [0.1, 0.15) is 6.04 Å². The molecule has 1 unspecified atom stereocenters. The first-order valence-electron chi connectivity index (χ1n) is 6.31. The molecule has 1 aromatic rings. The number of nitrogens with one attached hydrogen (secondary N) is 2. The summed E-state index contributed by atoms with van der Waals surface area (Å²) in [5, 5.41) is 6.09. The van der Waals surface area contributed by atoms with Crippen LogP contribution in [0.3, 0.4) is 0 Å². The summed E-state index contributed by atoms with van der Waals surface area (Å²) in [6, 6.07) is 5.38. The highest BCUT2D eigenvalue weighted by molar-refractivity contribution is 5.84. The Hall–Kier alpha value is -1.71. The van der Waals surface area contributed by atoms with Gasteiger partial charge in [-0.25, -0.2) is 0 Å². The van der Waals surface area contributed by atoms with E-state index in [1.165, 1.54) is 0 Å². The van der Waals surface area contributed by atoms with Gasteiger partial charge in [-0.3, -0.25) is 4.79 Å². The maximum atomic E-state index is 11.8. The van der Waals surface area contributed by atoms with Gasteiger partial charge < -0.3 is 16.4 Å². The molecule has 4 heteroatoms. The quantitative estimate of drug-likeness (QED) is 0.700. The topological polar surface area (TPSA) is 67.1 Å². The van der Waals surface area contributed by atoms with Crippen LogP contribution in [-0.2, 0) is 4.79 Å². The molecule has 0 spiro atoms. The van der Waals surface area contributed by atoms with Crippen LogP contribution >= 0.6 is 0 Å². The molecular weight excluding hydrogens is 226 g/mol. The SMILES string of the molecule is Cc1c(N)cccc1NC(C)C(=O)NCC(C)C. The average molecular weight is 249 g/mol. The Morgan fingerprint density at radius 1 is 1.33 bits per heavy atom. The van der Waals surface area contributed by atoms with Crippen molar-refractivity contribution in [1.82, 2.24) is 5.32 Å². The van der Waals surface area contributed by atoms with Crippen molar-refractivity contribution < 1.29 is 4.79 Å². The summed E-state index contributed by atoms with van der Waals surface area (Å²) in [4.78, 5) is 11.8. The summed E-state index contributed by atoms with van der Waals surface area (Å²) in [6.45, 7) is 8.62. The van der Waals surface area contributed by atoms with Crippen LogP contribution in [-0.4, -0.2) is 18.5 Å². The number of nitrogens with two attached hydrogens (primary N) is 1. The second kappa shape index (κ2) is 6.28. The average Bonchev–Trinajstić information content (AvgIpc) is 2.31. The lowest BCUT2D eigenvalue weighted by Crippen LogP contribution is -2.39. The summed E-state index contributed by atoms with van der Waals surface area (Å²) in [5.74, 6) is 0.459. The lowest BCUT2D eigenvalue weighted by atomic mass is 10.1. The molecule has 0 aromatic heterocycles. The van der Waals surface area contributed by atoms with E-state index in [2.05, 4.69) is 24.5 Å². The minimum atomic E-state index is -0.274. The molecule has 100 valence electrons. The molecule has 0 saturated carbocycles. The molecule has 4 N–H and O–H groups in total. The molecule has 0 heterocycles. The first-order valence-corrected chi connectivity index (χ1v) is 6.31. The Labute approximate surface area is 109 Å². The molecule has 1 amide bonds. The zero-order valence-corrected chi connectivity index (χ0v) is 11.6. The van der Waals surface area contributed by atoms with Gasteiger partial charge >= 0.3 is 0 Å². The van der Waals surface area contributed by atoms with Gasteiger partial charge in [0, 0.05) is 17.9 Å². The van der Waals surface area contributed by atoms with Crippen molar-refractivity contribution in [1.29, 1.82) is 0 Å². The fourth-order valence-corrected chi connectivity index (χ4v) is 1.57. The predicted octanol–water partition coefficient (Wildman–Crippen LogP) is 2.15. The van der Waals surface area contributed by atoms with E-state index in [-0.39, 0.29) is 11.9 Å². The van der Waals surface area contributed by atoms with Gasteiger partial charge in [0.25, 0.3) is 0 Å². The molecule has 0 aliphatic carbocycles. The van der Waals surface area contributed by atoms with Crippen molar-refractivity contribution in [2.24, 2.45) is 5.92 Å². The number of nitrogen functional groups attached to an aromatic ring is 1. The Kier molecular flexibility index (Phi) is 5.01. The number of carbonyl (C=O) groups is 1. The number of hydrogen-bond donors (Lipinski definition) is 3. The first kappa shape index (κ1) is 14.4. The van der Waals surface area contributed by atoms with Crippen molar-refractivity contribution in [3.63, 3.8) is 0 Å². The van der Waals surface area contributed by atoms with Crippen LogP contribution in [0.5, 0.6) is 0 Å². The minimum Gasteiger partial charge on any atom is -0.398 e. The van der Waals surface area contributed by atoms with E-state index in [1.54, 1.807) is 0 Å². The minimum absolute atomic E-state index is 0.00512. The van der Waals surface area contributed by atoms with Crippen LogP contribution in [0.2, 0.25) is 0 Å². The van der Waals surface area contributed by atoms with Crippen LogP contribution in [0.4, 0.5) is 11.4 Å². The van der Waals surface area contributed by atoms with Crippen molar-refractivity contribution in [2.45, 2.75) is 33.7 Å². The van der Waals surface area contributed by atoms with Crippen LogP contribution in [0.25, 0.3) is 0 Å². The third-order valence-corrected chi connectivity index (χ3v) is 2.83. The molecule has 1 aromatic carbocycles. The number of benzene rings is 1. The molecule has 1 atom stereocenters. The molecular formula is C14H23N3O. The number of anilines is 2. The molecule has 18 heavy (non-hydrogen) atoms. The first-order chi connectivity index (χ1) is 8.41. The molecule has 0 aliphatic rings. The van der Waals surface area contributed by atoms with E-state index in [4.69, 9.17) is 5.73 Å². The van der Waals surface area contributed by atoms with Gasteiger partial charge in [-0.2, -0.15) is 0 Å². The van der Waals surface area contributed by atoms with Gasteiger partial charge in [-0.15, -0.1) is 0 Å². The molecule has 0 fully saturated rings. The fourth-order valence-electron chi connectivity index (χ4n) is 1.57. The Bertz CT molecular complexity index is 416. The molecule has 0 saturated heterocycles. The van der Waals surface area contributed by atoms with Gasteiger partial charge in [-0.1, -0.05) is 19.9 Å². The molecule has 4 nitrogen and oxygen atoms in total. The van der Waals surface area contributed by atoms with Gasteiger partial charge in [-0.05, 0) is 37.5 Å². The molecule has 0 aliphatic heterocycles. The lowest BCUT2D eigenvalue weighted by Gasteiger charge is -2.18. The van der Waals surface area contributed by atoms with E-state index in [0.29, 0.717) is 12.5 Å². The number of carbonyl (C=O) groups excluding carboxylic acids is 1. The zero-order chi connectivity index (χ0) is 13.7. The standard InChI is InChI=1S/C14H23N3O/c1-9(2)8-16-14(18)11(4)17-13-7-5-6-12(15)10(13)3/h5-7,9,11,17H,8,15H2,1-4H3,(H,16,18). The highest BCUT2D eigenvalue weighted by atomic mass is 16.2. The van der Waals surface area contributed by atoms with Crippen molar-refractivity contribution in [3.05, 3.63) is 23.8 Å². The third kappa shape index (κ3) is 3.95. The number of amides is 1. The summed E-state index contributed by atoms with van der Waals surface area (Å²) in [5.41, 5.74) is 8.44. The predicted molar refractivity (Wildman–Crippen MR) is 76.5 cm³/mol. The van der Waals surface area contributed by atoms with E-state index >= 15 is 0 Å². The summed E-state index contributed by atoms with van der Waals surface area (Å²) < 4.78 is 0. The fraction of sp³-hybridized carbons (Fsp3) is 0.500. The van der Waals surface area contributed by atoms with E-state index < -0.39 is 0 Å². The monoisotopic (exact) mass is 249 g/mol. The Morgan fingerprint density at radius 3 is 2.61 bits per heavy atom. The van der Waals surface area contributed by atoms with E-state index in [9.17, 15) is 4.79 Å². The van der Waals surface area contributed by atoms with Crippen LogP contribution < -0.4 is 16.4 Å². The van der Waals surface area contributed by atoms with E-state index in [0.717, 1.165) is 16.9 Å². The lowest BCUT2D eigenvalue weighted by molar-refractivity contribution is -0.121. The van der Waals surface area contributed by atoms with Gasteiger partial charge in [0.2, 0.25) is 5.91 Å². The number of hydrogen-bond acceptors (Lipinski definition) is 3. The van der Waals surface area contributed by atoms with Gasteiger partial charge in [0.05, 0.1) is 0 Å². The third-order valence-electron chi connectivity index (χ3n) is 2.83. The number of rotatable bonds is 5. The maximum absolute atomic E-state index is 11.8. The van der Waals surface area contributed by atoms with Gasteiger partial charge in [0.15, 0.2) is 0 Å². The summed E-state index contributed by atoms with van der Waals surface area (Å²) in [6.07, 6.45) is 0. The summed E-state index contributed by atoms with van der Waals surface area (Å²) >= 11 is 0. The second-order valence-corrected chi connectivity index (χ2v) is 5.02. The largest absolute Gasteiger partial charge is 0.398 e. The molecule has 0 bridgehead atoms. The highest BCUT2D eigenvalue weighted by Crippen LogP contribution is 2.21. The van der Waals surface area contributed by atoms with Crippen molar-refractivity contribution in [3.8, 4) is 0 Å². The molecule has 1 rings (SSSR count). The normalized spacial score (nSPS) is 12.3. The van der Waals surface area contributed by atoms with Crippen LogP contribution in [0, 0.1) is 12.8 Å². The molecule has 0 radical (unpaired) electrons. The Balaban J connectivity index is 2.61. The van der Waals surface area contributed by atoms with Crippen molar-refractivity contribution >= 4 is 17.3 Å². The van der Waals surface area contributed by atoms with Crippen LogP contribution in [0.15, 0.2) is 18.2 Å². The second-order valence-electron chi connectivity index (χ2n) is 5.02. The maximum Gasteiger partial charge on any atom is 0.242 e. The Morgan fingerprint density at radius 2 is 2.00 bits per heavy atom.